The van der Waals surface area contributed by atoms with Crippen LogP contribution >= 0.6 is 11.8 Å². The fourth-order valence-electron chi connectivity index (χ4n) is 3.98. The summed E-state index contributed by atoms with van der Waals surface area (Å²) in [6.45, 7) is 6.21. The first-order valence-electron chi connectivity index (χ1n) is 10.2. The van der Waals surface area contributed by atoms with Gasteiger partial charge in [-0.2, -0.15) is 0 Å². The maximum atomic E-state index is 12.8. The molecule has 3 rings (SSSR count). The summed E-state index contributed by atoms with van der Waals surface area (Å²) in [5.74, 6) is 2.87. The van der Waals surface area contributed by atoms with E-state index in [9.17, 15) is 4.79 Å². The number of hydrogen-bond acceptors (Lipinski definition) is 7. The van der Waals surface area contributed by atoms with E-state index in [0.717, 1.165) is 57.0 Å². The first-order valence-corrected chi connectivity index (χ1v) is 11.2. The summed E-state index contributed by atoms with van der Waals surface area (Å²) < 4.78 is 16.6. The van der Waals surface area contributed by atoms with Gasteiger partial charge in [-0.25, -0.2) is 0 Å². The molecule has 0 saturated carbocycles. The van der Waals surface area contributed by atoms with Crippen LogP contribution in [-0.2, 0) is 4.79 Å². The Hall–Kier alpha value is -1.64. The second-order valence-electron chi connectivity index (χ2n) is 7.48. The molecule has 0 bridgehead atoms. The fourth-order valence-corrected chi connectivity index (χ4v) is 5.26. The smallest absolute Gasteiger partial charge is 0.224 e. The number of likely N-dealkylation sites (N-methyl/N-ethyl adjacent to an activating group) is 1. The summed E-state index contributed by atoms with van der Waals surface area (Å²) in [6.07, 6.45) is 1.56. The molecule has 1 aromatic rings. The minimum Gasteiger partial charge on any atom is -0.493 e. The van der Waals surface area contributed by atoms with Gasteiger partial charge in [0.1, 0.15) is 5.37 Å². The number of nitrogens with zero attached hydrogens (tertiary/aromatic N) is 3. The van der Waals surface area contributed by atoms with Crippen molar-refractivity contribution in [2.24, 2.45) is 0 Å². The number of thioether (sulfide) groups is 1. The highest BCUT2D eigenvalue weighted by Gasteiger charge is 2.33. The fraction of sp³-hybridized carbons (Fsp3) is 0.667. The Balaban J connectivity index is 1.73. The second kappa shape index (κ2) is 10.4. The highest BCUT2D eigenvalue weighted by molar-refractivity contribution is 7.99. The lowest BCUT2D eigenvalue weighted by Gasteiger charge is -2.37. The Morgan fingerprint density at radius 3 is 2.38 bits per heavy atom. The van der Waals surface area contributed by atoms with E-state index in [4.69, 9.17) is 14.2 Å². The Kier molecular flexibility index (Phi) is 7.91. The molecule has 1 atom stereocenters. The number of benzene rings is 1. The number of carbonyl (C=O) groups is 1. The normalized spacial score (nSPS) is 21.3. The van der Waals surface area contributed by atoms with Crippen LogP contribution in [-0.4, -0.2) is 94.0 Å². The third kappa shape index (κ3) is 5.10. The van der Waals surface area contributed by atoms with Crippen LogP contribution in [0.5, 0.6) is 17.2 Å². The number of amides is 1. The summed E-state index contributed by atoms with van der Waals surface area (Å²) in [4.78, 5) is 19.6. The molecule has 0 N–H and O–H groups in total. The molecule has 2 aliphatic rings. The van der Waals surface area contributed by atoms with Gasteiger partial charge in [-0.15, -0.1) is 11.8 Å². The van der Waals surface area contributed by atoms with Crippen molar-refractivity contribution in [2.75, 3.05) is 73.4 Å². The Morgan fingerprint density at radius 1 is 1.00 bits per heavy atom. The van der Waals surface area contributed by atoms with E-state index >= 15 is 0 Å². The molecule has 2 heterocycles. The summed E-state index contributed by atoms with van der Waals surface area (Å²) in [5, 5.41) is -0.0708. The van der Waals surface area contributed by atoms with Gasteiger partial charge in [-0.3, -0.25) is 4.79 Å². The highest BCUT2D eigenvalue weighted by atomic mass is 32.2. The van der Waals surface area contributed by atoms with Crippen molar-refractivity contribution in [3.05, 3.63) is 17.7 Å². The van der Waals surface area contributed by atoms with Crippen LogP contribution in [0.4, 0.5) is 0 Å². The standard InChI is InChI=1S/C21H33N3O4S/c1-22-11-13-23(14-12-22)9-5-10-24-18(25)8-15-29-21(24)16-6-7-17(26-2)20(28-4)19(16)27-3/h6-7,21H,5,8-15H2,1-4H3. The predicted octanol–water partition coefficient (Wildman–Crippen LogP) is 2.31. The van der Waals surface area contributed by atoms with E-state index in [1.54, 1.807) is 33.1 Å². The van der Waals surface area contributed by atoms with Gasteiger partial charge in [0.05, 0.1) is 21.3 Å². The van der Waals surface area contributed by atoms with Crippen LogP contribution in [0.25, 0.3) is 0 Å². The monoisotopic (exact) mass is 423 g/mol. The van der Waals surface area contributed by atoms with Gasteiger partial charge in [0.2, 0.25) is 11.7 Å². The minimum absolute atomic E-state index is 0.0708. The summed E-state index contributed by atoms with van der Waals surface area (Å²) in [7, 11) is 7.02. The molecule has 2 fully saturated rings. The zero-order chi connectivity index (χ0) is 20.8. The van der Waals surface area contributed by atoms with E-state index in [1.807, 2.05) is 17.0 Å². The lowest BCUT2D eigenvalue weighted by atomic mass is 10.1. The number of rotatable bonds is 8. The average Bonchev–Trinajstić information content (AvgIpc) is 2.75. The van der Waals surface area contributed by atoms with Crippen molar-refractivity contribution in [2.45, 2.75) is 18.2 Å². The molecule has 1 amide bonds. The molecule has 0 spiro atoms. The maximum absolute atomic E-state index is 12.8. The van der Waals surface area contributed by atoms with Crippen molar-refractivity contribution >= 4 is 17.7 Å². The van der Waals surface area contributed by atoms with Crippen LogP contribution in [0.3, 0.4) is 0 Å². The largest absolute Gasteiger partial charge is 0.493 e. The van der Waals surface area contributed by atoms with Gasteiger partial charge < -0.3 is 28.9 Å². The predicted molar refractivity (Wildman–Crippen MR) is 116 cm³/mol. The minimum atomic E-state index is -0.0708. The molecular formula is C21H33N3O4S. The number of carbonyl (C=O) groups excluding carboxylic acids is 1. The third-order valence-corrected chi connectivity index (χ3v) is 6.93. The molecule has 1 aromatic carbocycles. The summed E-state index contributed by atoms with van der Waals surface area (Å²) in [6, 6.07) is 3.88. The van der Waals surface area contributed by atoms with E-state index in [0.29, 0.717) is 23.7 Å². The van der Waals surface area contributed by atoms with E-state index in [-0.39, 0.29) is 11.3 Å². The van der Waals surface area contributed by atoms with E-state index in [1.165, 1.54) is 0 Å². The molecule has 1 unspecified atom stereocenters. The van der Waals surface area contributed by atoms with Crippen molar-refractivity contribution in [1.82, 2.24) is 14.7 Å². The van der Waals surface area contributed by atoms with E-state index in [2.05, 4.69) is 16.8 Å². The molecular weight excluding hydrogens is 390 g/mol. The average molecular weight is 424 g/mol. The van der Waals surface area contributed by atoms with Crippen molar-refractivity contribution in [3.8, 4) is 17.2 Å². The van der Waals surface area contributed by atoms with Crippen LogP contribution in [0.2, 0.25) is 0 Å². The molecule has 29 heavy (non-hydrogen) atoms. The topological polar surface area (TPSA) is 54.5 Å². The molecule has 8 heteroatoms. The molecule has 0 aromatic heterocycles. The Labute approximate surface area is 178 Å². The van der Waals surface area contributed by atoms with Crippen LogP contribution in [0.15, 0.2) is 12.1 Å². The molecule has 162 valence electrons. The maximum Gasteiger partial charge on any atom is 0.224 e. The van der Waals surface area contributed by atoms with Gasteiger partial charge in [-0.1, -0.05) is 0 Å². The first-order chi connectivity index (χ1) is 14.1. The molecule has 0 aliphatic carbocycles. The lowest BCUT2D eigenvalue weighted by Crippen LogP contribution is -2.45. The zero-order valence-corrected chi connectivity index (χ0v) is 18.8. The van der Waals surface area contributed by atoms with Crippen molar-refractivity contribution < 1.29 is 19.0 Å². The van der Waals surface area contributed by atoms with Gasteiger partial charge in [0.15, 0.2) is 11.5 Å². The molecule has 2 aliphatic heterocycles. The zero-order valence-electron chi connectivity index (χ0n) is 18.0. The quantitative estimate of drug-likeness (QED) is 0.636. The van der Waals surface area contributed by atoms with E-state index < -0.39 is 0 Å². The van der Waals surface area contributed by atoms with Crippen LogP contribution < -0.4 is 14.2 Å². The number of ether oxygens (including phenoxy) is 3. The molecule has 7 nitrogen and oxygen atoms in total. The summed E-state index contributed by atoms with van der Waals surface area (Å²) in [5.41, 5.74) is 0.961. The molecule has 2 saturated heterocycles. The lowest BCUT2D eigenvalue weighted by molar-refractivity contribution is -0.132. The van der Waals surface area contributed by atoms with Crippen LogP contribution in [0, 0.1) is 0 Å². The van der Waals surface area contributed by atoms with Gasteiger partial charge in [0, 0.05) is 50.5 Å². The third-order valence-electron chi connectivity index (χ3n) is 5.67. The Morgan fingerprint density at radius 2 is 1.72 bits per heavy atom. The number of piperazine rings is 1. The Bertz CT molecular complexity index is 695. The second-order valence-corrected chi connectivity index (χ2v) is 8.67. The molecule has 0 radical (unpaired) electrons. The van der Waals surface area contributed by atoms with Gasteiger partial charge >= 0.3 is 0 Å². The first kappa shape index (κ1) is 22.1. The van der Waals surface area contributed by atoms with Gasteiger partial charge in [0.25, 0.3) is 0 Å². The SMILES string of the molecule is COc1ccc(C2SCCC(=O)N2CCCN2CCN(C)CC2)c(OC)c1OC. The highest BCUT2D eigenvalue weighted by Crippen LogP contribution is 2.48. The van der Waals surface area contributed by atoms with Crippen molar-refractivity contribution in [1.29, 1.82) is 0 Å². The number of methoxy groups -OCH3 is 3. The van der Waals surface area contributed by atoms with Gasteiger partial charge in [-0.05, 0) is 32.1 Å². The summed E-state index contributed by atoms with van der Waals surface area (Å²) >= 11 is 1.79. The number of hydrogen-bond donors (Lipinski definition) is 0. The van der Waals surface area contributed by atoms with Crippen molar-refractivity contribution in [3.63, 3.8) is 0 Å². The van der Waals surface area contributed by atoms with Crippen LogP contribution in [0.1, 0.15) is 23.8 Å².